The van der Waals surface area contributed by atoms with Gasteiger partial charge >= 0.3 is 5.91 Å². The number of carbonyl (C=O) groups is 1. The number of halogens is 3. The second-order valence-corrected chi connectivity index (χ2v) is 4.83. The highest BCUT2D eigenvalue weighted by Gasteiger charge is 2.06. The minimum Gasteiger partial charge on any atom is -1.00 e. The molecule has 0 aliphatic carbocycles. The van der Waals surface area contributed by atoms with Crippen molar-refractivity contribution < 1.29 is 21.8 Å². The molecule has 0 aliphatic rings. The minimum atomic E-state index is -0.211. The first-order valence-electron chi connectivity index (χ1n) is 5.86. The molecule has 0 spiro atoms. The SMILES string of the molecule is O=C(C[n+]1ccccc1)N/N=C/c1ccc(Cl)c(Cl)c1.[Cl-]. The molecule has 1 amide bonds. The second-order valence-electron chi connectivity index (χ2n) is 4.01. The Morgan fingerprint density at radius 1 is 1.19 bits per heavy atom. The predicted molar refractivity (Wildman–Crippen MR) is 78.8 cm³/mol. The number of aromatic nitrogens is 1. The summed E-state index contributed by atoms with van der Waals surface area (Å²) in [5.41, 5.74) is 3.20. The van der Waals surface area contributed by atoms with Gasteiger partial charge in [0.25, 0.3) is 0 Å². The zero-order valence-corrected chi connectivity index (χ0v) is 13.1. The molecule has 0 radical (unpaired) electrons. The van der Waals surface area contributed by atoms with E-state index in [1.54, 1.807) is 22.8 Å². The second kappa shape index (κ2) is 8.62. The lowest BCUT2D eigenvalue weighted by Crippen LogP contribution is -3.00. The zero-order valence-electron chi connectivity index (χ0n) is 10.8. The lowest BCUT2D eigenvalue weighted by Gasteiger charge is -1.98. The fraction of sp³-hybridized carbons (Fsp3) is 0.0714. The van der Waals surface area contributed by atoms with Gasteiger partial charge in [0.1, 0.15) is 0 Å². The van der Waals surface area contributed by atoms with E-state index in [1.165, 1.54) is 6.21 Å². The average Bonchev–Trinajstić information content (AvgIpc) is 2.44. The van der Waals surface area contributed by atoms with Gasteiger partial charge in [-0.2, -0.15) is 9.67 Å². The van der Waals surface area contributed by atoms with Gasteiger partial charge in [-0.15, -0.1) is 0 Å². The molecular formula is C14H12Cl3N3O. The number of hydrazone groups is 1. The normalized spacial score (nSPS) is 10.2. The fourth-order valence-electron chi connectivity index (χ4n) is 1.51. The molecule has 7 heteroatoms. The van der Waals surface area contributed by atoms with Crippen LogP contribution in [0.1, 0.15) is 5.56 Å². The maximum absolute atomic E-state index is 11.6. The molecule has 0 aliphatic heterocycles. The summed E-state index contributed by atoms with van der Waals surface area (Å²) in [5, 5.41) is 4.79. The van der Waals surface area contributed by atoms with Crippen molar-refractivity contribution in [3.05, 3.63) is 64.4 Å². The van der Waals surface area contributed by atoms with E-state index in [9.17, 15) is 4.79 Å². The molecule has 0 unspecified atom stereocenters. The van der Waals surface area contributed by atoms with Crippen LogP contribution in [-0.4, -0.2) is 12.1 Å². The monoisotopic (exact) mass is 343 g/mol. The van der Waals surface area contributed by atoms with Gasteiger partial charge in [-0.3, -0.25) is 4.79 Å². The van der Waals surface area contributed by atoms with E-state index in [1.807, 2.05) is 30.6 Å². The number of nitrogens with one attached hydrogen (secondary N) is 1. The number of hydrogen-bond donors (Lipinski definition) is 1. The maximum atomic E-state index is 11.6. The molecular weight excluding hydrogens is 333 g/mol. The topological polar surface area (TPSA) is 45.3 Å². The highest BCUT2D eigenvalue weighted by molar-refractivity contribution is 6.42. The van der Waals surface area contributed by atoms with Gasteiger partial charge in [0.05, 0.1) is 16.3 Å². The first kappa shape index (κ1) is 17.4. The van der Waals surface area contributed by atoms with Gasteiger partial charge in [-0.25, -0.2) is 5.43 Å². The number of benzene rings is 1. The molecule has 1 aromatic carbocycles. The summed E-state index contributed by atoms with van der Waals surface area (Å²) in [6.07, 6.45) is 5.13. The van der Waals surface area contributed by atoms with Crippen molar-refractivity contribution in [1.29, 1.82) is 0 Å². The molecule has 0 bridgehead atoms. The largest absolute Gasteiger partial charge is 1.00 e. The molecule has 0 fully saturated rings. The van der Waals surface area contributed by atoms with E-state index >= 15 is 0 Å². The molecule has 110 valence electrons. The van der Waals surface area contributed by atoms with E-state index in [-0.39, 0.29) is 24.9 Å². The van der Waals surface area contributed by atoms with Crippen LogP contribution in [0.2, 0.25) is 10.0 Å². The molecule has 0 saturated heterocycles. The average molecular weight is 345 g/mol. The van der Waals surface area contributed by atoms with E-state index in [0.717, 1.165) is 5.56 Å². The smallest absolute Gasteiger partial charge is 0.305 e. The van der Waals surface area contributed by atoms with Crippen molar-refractivity contribution in [3.63, 3.8) is 0 Å². The Balaban J connectivity index is 0.00000220. The maximum Gasteiger partial charge on any atom is 0.305 e. The molecule has 2 rings (SSSR count). The van der Waals surface area contributed by atoms with Crippen LogP contribution >= 0.6 is 23.2 Å². The zero-order chi connectivity index (χ0) is 14.4. The van der Waals surface area contributed by atoms with Gasteiger partial charge in [-0.1, -0.05) is 35.3 Å². The van der Waals surface area contributed by atoms with E-state index in [4.69, 9.17) is 23.2 Å². The summed E-state index contributed by atoms with van der Waals surface area (Å²) in [7, 11) is 0. The lowest BCUT2D eigenvalue weighted by molar-refractivity contribution is -0.684. The van der Waals surface area contributed by atoms with Crippen molar-refractivity contribution >= 4 is 35.3 Å². The standard InChI is InChI=1S/C14H11Cl2N3O.ClH/c15-12-5-4-11(8-13(12)16)9-17-18-14(20)10-19-6-2-1-3-7-19;/h1-9H,10H2;1H/b17-9+;. The molecule has 1 aromatic heterocycles. The molecule has 1 heterocycles. The van der Waals surface area contributed by atoms with E-state index in [0.29, 0.717) is 10.0 Å². The summed E-state index contributed by atoms with van der Waals surface area (Å²) < 4.78 is 1.75. The molecule has 4 nitrogen and oxygen atoms in total. The van der Waals surface area contributed by atoms with Crippen LogP contribution in [0.4, 0.5) is 0 Å². The first-order valence-corrected chi connectivity index (χ1v) is 6.62. The summed E-state index contributed by atoms with van der Waals surface area (Å²) in [4.78, 5) is 11.6. The third-order valence-electron chi connectivity index (χ3n) is 2.45. The van der Waals surface area contributed by atoms with Crippen molar-refractivity contribution in [2.24, 2.45) is 5.10 Å². The Kier molecular flexibility index (Phi) is 7.15. The molecule has 0 saturated carbocycles. The van der Waals surface area contributed by atoms with Crippen LogP contribution in [0.25, 0.3) is 0 Å². The number of carbonyl (C=O) groups excluding carboxylic acids is 1. The number of rotatable bonds is 4. The van der Waals surface area contributed by atoms with Gasteiger partial charge in [0.2, 0.25) is 6.54 Å². The molecule has 0 atom stereocenters. The van der Waals surface area contributed by atoms with Crippen LogP contribution in [-0.2, 0) is 11.3 Å². The summed E-state index contributed by atoms with van der Waals surface area (Å²) in [6, 6.07) is 10.7. The van der Waals surface area contributed by atoms with Crippen LogP contribution in [0.5, 0.6) is 0 Å². The van der Waals surface area contributed by atoms with Gasteiger partial charge in [-0.05, 0) is 17.7 Å². The Hall–Kier alpha value is -1.62. The van der Waals surface area contributed by atoms with E-state index < -0.39 is 0 Å². The minimum absolute atomic E-state index is 0. The Morgan fingerprint density at radius 2 is 1.90 bits per heavy atom. The van der Waals surface area contributed by atoms with Crippen LogP contribution in [0.15, 0.2) is 53.9 Å². The van der Waals surface area contributed by atoms with Crippen molar-refractivity contribution in [2.75, 3.05) is 0 Å². The molecule has 2 aromatic rings. The van der Waals surface area contributed by atoms with Crippen molar-refractivity contribution in [3.8, 4) is 0 Å². The number of pyridine rings is 1. The Bertz CT molecular complexity index is 633. The Morgan fingerprint density at radius 3 is 2.57 bits per heavy atom. The lowest BCUT2D eigenvalue weighted by atomic mass is 10.2. The summed E-state index contributed by atoms with van der Waals surface area (Å²) >= 11 is 11.7. The number of nitrogens with zero attached hydrogens (tertiary/aromatic N) is 2. The quantitative estimate of drug-likeness (QED) is 0.451. The molecule has 21 heavy (non-hydrogen) atoms. The predicted octanol–water partition coefficient (Wildman–Crippen LogP) is -0.565. The van der Waals surface area contributed by atoms with Crippen LogP contribution < -0.4 is 22.4 Å². The van der Waals surface area contributed by atoms with Crippen LogP contribution in [0.3, 0.4) is 0 Å². The highest BCUT2D eigenvalue weighted by atomic mass is 35.5. The van der Waals surface area contributed by atoms with Gasteiger partial charge in [0, 0.05) is 12.1 Å². The Labute approximate surface area is 138 Å². The third kappa shape index (κ3) is 5.71. The highest BCUT2D eigenvalue weighted by Crippen LogP contribution is 2.21. The van der Waals surface area contributed by atoms with Gasteiger partial charge in [0.15, 0.2) is 12.4 Å². The number of hydrogen-bond acceptors (Lipinski definition) is 2. The van der Waals surface area contributed by atoms with Gasteiger partial charge < -0.3 is 12.4 Å². The number of amides is 1. The fourth-order valence-corrected chi connectivity index (χ4v) is 1.82. The van der Waals surface area contributed by atoms with Crippen molar-refractivity contribution in [1.82, 2.24) is 5.43 Å². The van der Waals surface area contributed by atoms with Crippen molar-refractivity contribution in [2.45, 2.75) is 6.54 Å². The molecule has 1 N–H and O–H groups in total. The third-order valence-corrected chi connectivity index (χ3v) is 3.19. The van der Waals surface area contributed by atoms with Crippen LogP contribution in [0, 0.1) is 0 Å². The first-order chi connectivity index (χ1) is 9.65. The van der Waals surface area contributed by atoms with E-state index in [2.05, 4.69) is 10.5 Å². The summed E-state index contributed by atoms with van der Waals surface area (Å²) in [6.45, 7) is 0.208. The summed E-state index contributed by atoms with van der Waals surface area (Å²) in [5.74, 6) is -0.211.